The summed E-state index contributed by atoms with van der Waals surface area (Å²) in [6.07, 6.45) is 5.07. The lowest BCUT2D eigenvalue weighted by Gasteiger charge is -2.07. The Morgan fingerprint density at radius 3 is 2.55 bits per heavy atom. The van der Waals surface area contributed by atoms with Crippen molar-refractivity contribution < 1.29 is 9.18 Å². The van der Waals surface area contributed by atoms with Gasteiger partial charge in [0.15, 0.2) is 0 Å². The van der Waals surface area contributed by atoms with Gasteiger partial charge in [0.05, 0.1) is 17.5 Å². The van der Waals surface area contributed by atoms with Gasteiger partial charge < -0.3 is 5.32 Å². The van der Waals surface area contributed by atoms with Crippen molar-refractivity contribution in [3.8, 4) is 11.3 Å². The number of nitrogens with zero attached hydrogens (tertiary/aromatic N) is 2. The van der Waals surface area contributed by atoms with Crippen LogP contribution in [0.25, 0.3) is 11.3 Å². The molecule has 0 bridgehead atoms. The molecule has 0 saturated carbocycles. The Kier molecular flexibility index (Phi) is 5.67. The van der Waals surface area contributed by atoms with E-state index in [1.165, 1.54) is 18.3 Å². The molecule has 2 aromatic carbocycles. The Balaban J connectivity index is 1.41. The van der Waals surface area contributed by atoms with Gasteiger partial charge in [-0.05, 0) is 60.2 Å². The van der Waals surface area contributed by atoms with Gasteiger partial charge >= 0.3 is 0 Å². The molecule has 7 heteroatoms. The van der Waals surface area contributed by atoms with Crippen LogP contribution >= 0.6 is 11.8 Å². The van der Waals surface area contributed by atoms with Crippen molar-refractivity contribution >= 4 is 23.4 Å². The zero-order valence-electron chi connectivity index (χ0n) is 15.3. The lowest BCUT2D eigenvalue weighted by Crippen LogP contribution is -2.12. The molecular formula is C22H17FN4OS. The summed E-state index contributed by atoms with van der Waals surface area (Å²) in [6, 6.07) is 17.5. The maximum absolute atomic E-state index is 13.1. The van der Waals surface area contributed by atoms with E-state index in [1.807, 2.05) is 42.6 Å². The predicted molar refractivity (Wildman–Crippen MR) is 112 cm³/mol. The number of thioether (sulfide) groups is 1. The van der Waals surface area contributed by atoms with Crippen molar-refractivity contribution in [2.45, 2.75) is 10.6 Å². The number of rotatable bonds is 6. The second kappa shape index (κ2) is 8.70. The maximum atomic E-state index is 13.1. The molecule has 2 aromatic heterocycles. The fourth-order valence-electron chi connectivity index (χ4n) is 2.78. The fraction of sp³-hybridized carbons (Fsp3) is 0.0455. The van der Waals surface area contributed by atoms with Crippen LogP contribution in [0.5, 0.6) is 0 Å². The van der Waals surface area contributed by atoms with E-state index in [0.29, 0.717) is 22.5 Å². The molecule has 0 fully saturated rings. The Hall–Kier alpha value is -3.45. The predicted octanol–water partition coefficient (Wildman–Crippen LogP) is 5.16. The molecule has 1 amide bonds. The quantitative estimate of drug-likeness (QED) is 0.436. The molecule has 2 heterocycles. The van der Waals surface area contributed by atoms with Gasteiger partial charge in [0.25, 0.3) is 5.91 Å². The van der Waals surface area contributed by atoms with Crippen LogP contribution in [0.4, 0.5) is 10.1 Å². The lowest BCUT2D eigenvalue weighted by atomic mass is 10.1. The molecule has 144 valence electrons. The maximum Gasteiger partial charge on any atom is 0.259 e. The van der Waals surface area contributed by atoms with E-state index in [2.05, 4.69) is 20.5 Å². The highest BCUT2D eigenvalue weighted by molar-refractivity contribution is 7.98. The van der Waals surface area contributed by atoms with Crippen LogP contribution in [-0.2, 0) is 5.75 Å². The standard InChI is InChI=1S/C22H17FN4OS/c23-17-5-3-16(4-6-17)21-20(13-25-27-21)22(28)26-18-7-9-19(10-8-18)29-14-15-2-1-11-24-12-15/h1-13H,14H2,(H,25,27)(H,26,28). The minimum Gasteiger partial charge on any atom is -0.322 e. The summed E-state index contributed by atoms with van der Waals surface area (Å²) in [6.45, 7) is 0. The molecule has 0 spiro atoms. The highest BCUT2D eigenvalue weighted by atomic mass is 32.2. The number of aromatic amines is 1. The SMILES string of the molecule is O=C(Nc1ccc(SCc2cccnc2)cc1)c1cn[nH]c1-c1ccc(F)cc1. The summed E-state index contributed by atoms with van der Waals surface area (Å²) in [5.74, 6) is 0.213. The summed E-state index contributed by atoms with van der Waals surface area (Å²) in [5, 5.41) is 9.65. The molecule has 0 unspecified atom stereocenters. The number of nitrogens with one attached hydrogen (secondary N) is 2. The molecule has 4 aromatic rings. The van der Waals surface area contributed by atoms with Gasteiger partial charge in [0, 0.05) is 34.3 Å². The van der Waals surface area contributed by atoms with Crippen LogP contribution < -0.4 is 5.32 Å². The highest BCUT2D eigenvalue weighted by Gasteiger charge is 2.15. The largest absolute Gasteiger partial charge is 0.322 e. The fourth-order valence-corrected chi connectivity index (χ4v) is 3.61. The van der Waals surface area contributed by atoms with E-state index < -0.39 is 0 Å². The van der Waals surface area contributed by atoms with E-state index in [0.717, 1.165) is 16.2 Å². The minimum absolute atomic E-state index is 0.283. The number of halogens is 1. The molecule has 0 aliphatic carbocycles. The van der Waals surface area contributed by atoms with Gasteiger partial charge in [-0.15, -0.1) is 11.8 Å². The molecule has 4 rings (SSSR count). The number of H-pyrrole nitrogens is 1. The smallest absolute Gasteiger partial charge is 0.259 e. The molecule has 0 saturated heterocycles. The number of benzene rings is 2. The average molecular weight is 404 g/mol. The van der Waals surface area contributed by atoms with Crippen LogP contribution in [0.3, 0.4) is 0 Å². The number of hydrogen-bond acceptors (Lipinski definition) is 4. The Labute approximate surface area is 171 Å². The second-order valence-electron chi connectivity index (χ2n) is 6.29. The lowest BCUT2D eigenvalue weighted by molar-refractivity contribution is 0.102. The monoisotopic (exact) mass is 404 g/mol. The van der Waals surface area contributed by atoms with Gasteiger partial charge in [-0.1, -0.05) is 6.07 Å². The first-order valence-corrected chi connectivity index (χ1v) is 9.90. The highest BCUT2D eigenvalue weighted by Crippen LogP contribution is 2.25. The first-order chi connectivity index (χ1) is 14.2. The van der Waals surface area contributed by atoms with Crippen LogP contribution in [-0.4, -0.2) is 21.1 Å². The van der Waals surface area contributed by atoms with Crippen molar-refractivity contribution in [1.82, 2.24) is 15.2 Å². The van der Waals surface area contributed by atoms with Crippen molar-refractivity contribution in [3.05, 3.63) is 96.2 Å². The Morgan fingerprint density at radius 1 is 1.03 bits per heavy atom. The summed E-state index contributed by atoms with van der Waals surface area (Å²) in [4.78, 5) is 17.9. The van der Waals surface area contributed by atoms with Gasteiger partial charge in [-0.2, -0.15) is 5.10 Å². The van der Waals surface area contributed by atoms with Crippen molar-refractivity contribution in [3.63, 3.8) is 0 Å². The van der Waals surface area contributed by atoms with E-state index >= 15 is 0 Å². The number of carbonyl (C=O) groups is 1. The molecule has 0 aliphatic heterocycles. The number of amides is 1. The van der Waals surface area contributed by atoms with Gasteiger partial charge in [0.1, 0.15) is 5.82 Å². The van der Waals surface area contributed by atoms with Crippen molar-refractivity contribution in [1.29, 1.82) is 0 Å². The zero-order chi connectivity index (χ0) is 20.1. The van der Waals surface area contributed by atoms with E-state index in [9.17, 15) is 9.18 Å². The molecular weight excluding hydrogens is 387 g/mol. The number of carbonyl (C=O) groups excluding carboxylic acids is 1. The molecule has 0 atom stereocenters. The van der Waals surface area contributed by atoms with Gasteiger partial charge in [-0.25, -0.2) is 4.39 Å². The molecule has 2 N–H and O–H groups in total. The Morgan fingerprint density at radius 2 is 1.83 bits per heavy atom. The topological polar surface area (TPSA) is 70.7 Å². The summed E-state index contributed by atoms with van der Waals surface area (Å²) in [5.41, 5.74) is 3.48. The third-order valence-corrected chi connectivity index (χ3v) is 5.34. The zero-order valence-corrected chi connectivity index (χ0v) is 16.1. The van der Waals surface area contributed by atoms with Crippen LogP contribution in [0.2, 0.25) is 0 Å². The van der Waals surface area contributed by atoms with Gasteiger partial charge in [-0.3, -0.25) is 14.9 Å². The number of hydrogen-bond donors (Lipinski definition) is 2. The second-order valence-corrected chi connectivity index (χ2v) is 7.34. The molecule has 0 aliphatic rings. The minimum atomic E-state index is -0.333. The number of anilines is 1. The third kappa shape index (κ3) is 4.70. The number of aromatic nitrogens is 3. The first kappa shape index (κ1) is 18.9. The van der Waals surface area contributed by atoms with E-state index in [-0.39, 0.29) is 11.7 Å². The molecule has 29 heavy (non-hydrogen) atoms. The summed E-state index contributed by atoms with van der Waals surface area (Å²) < 4.78 is 13.1. The van der Waals surface area contributed by atoms with Crippen LogP contribution in [0, 0.1) is 5.82 Å². The molecule has 5 nitrogen and oxygen atoms in total. The average Bonchev–Trinajstić information content (AvgIpc) is 3.25. The summed E-state index contributed by atoms with van der Waals surface area (Å²) in [7, 11) is 0. The normalized spacial score (nSPS) is 10.7. The summed E-state index contributed by atoms with van der Waals surface area (Å²) >= 11 is 1.70. The van der Waals surface area contributed by atoms with E-state index in [1.54, 1.807) is 30.1 Å². The van der Waals surface area contributed by atoms with Crippen LogP contribution in [0.15, 0.2) is 84.1 Å². The Bertz CT molecular complexity index is 1100. The van der Waals surface area contributed by atoms with Crippen molar-refractivity contribution in [2.24, 2.45) is 0 Å². The first-order valence-electron chi connectivity index (χ1n) is 8.91. The third-order valence-electron chi connectivity index (χ3n) is 4.26. The van der Waals surface area contributed by atoms with Crippen LogP contribution in [0.1, 0.15) is 15.9 Å². The van der Waals surface area contributed by atoms with E-state index in [4.69, 9.17) is 0 Å². The van der Waals surface area contributed by atoms with Gasteiger partial charge in [0.2, 0.25) is 0 Å². The number of pyridine rings is 1. The molecule has 0 radical (unpaired) electrons. The van der Waals surface area contributed by atoms with Crippen molar-refractivity contribution in [2.75, 3.05) is 5.32 Å².